The van der Waals surface area contributed by atoms with E-state index >= 15 is 0 Å². The van der Waals surface area contributed by atoms with Crippen LogP contribution in [-0.2, 0) is 4.74 Å². The molecule has 1 aromatic heterocycles. The van der Waals surface area contributed by atoms with Crippen molar-refractivity contribution in [2.75, 3.05) is 12.4 Å². The summed E-state index contributed by atoms with van der Waals surface area (Å²) < 4.78 is 25.8. The first-order chi connectivity index (χ1) is 14.9. The lowest BCUT2D eigenvalue weighted by Gasteiger charge is -2.15. The Labute approximate surface area is 180 Å². The molecule has 1 amide bonds. The van der Waals surface area contributed by atoms with Crippen LogP contribution in [0.4, 0.5) is 14.9 Å². The standard InChI is InChI=1S/C24H24FN3O3/c1-15-23(16(2)28(27-15)20-9-5-18(25)6-10-20)17-4-11-22(14-17)31-24(29)26-19-7-12-21(30-3)13-8-19/h4-13,17,22H,14H2,1-3H3,(H,26,29)/t17-,22-/m1/s1. The fourth-order valence-electron chi connectivity index (χ4n) is 3.95. The Kier molecular flexibility index (Phi) is 5.75. The molecule has 0 spiro atoms. The molecule has 3 aromatic rings. The minimum atomic E-state index is -0.504. The summed E-state index contributed by atoms with van der Waals surface area (Å²) in [6.45, 7) is 3.96. The number of carbonyl (C=O) groups is 1. The molecule has 7 heteroatoms. The monoisotopic (exact) mass is 421 g/mol. The van der Waals surface area contributed by atoms with Crippen molar-refractivity contribution >= 4 is 11.8 Å². The highest BCUT2D eigenvalue weighted by Gasteiger charge is 2.28. The average molecular weight is 421 g/mol. The number of nitrogens with zero attached hydrogens (tertiary/aromatic N) is 2. The first-order valence-electron chi connectivity index (χ1n) is 10.1. The maximum absolute atomic E-state index is 13.3. The molecule has 0 unspecified atom stereocenters. The summed E-state index contributed by atoms with van der Waals surface area (Å²) in [7, 11) is 1.59. The molecule has 0 saturated heterocycles. The molecule has 0 fully saturated rings. The van der Waals surface area contributed by atoms with Crippen molar-refractivity contribution in [3.05, 3.63) is 83.5 Å². The molecule has 0 bridgehead atoms. The van der Waals surface area contributed by atoms with Gasteiger partial charge >= 0.3 is 6.09 Å². The van der Waals surface area contributed by atoms with Gasteiger partial charge in [-0.3, -0.25) is 5.32 Å². The van der Waals surface area contributed by atoms with Crippen LogP contribution in [0.25, 0.3) is 5.69 Å². The van der Waals surface area contributed by atoms with Crippen molar-refractivity contribution in [3.63, 3.8) is 0 Å². The van der Waals surface area contributed by atoms with Crippen LogP contribution in [0, 0.1) is 19.7 Å². The Hall–Kier alpha value is -3.61. The lowest BCUT2D eigenvalue weighted by Crippen LogP contribution is -2.20. The minimum Gasteiger partial charge on any atom is -0.497 e. The highest BCUT2D eigenvalue weighted by Crippen LogP contribution is 2.35. The Balaban J connectivity index is 1.41. The molecule has 31 heavy (non-hydrogen) atoms. The smallest absolute Gasteiger partial charge is 0.412 e. The molecule has 0 aliphatic heterocycles. The second-order valence-corrected chi connectivity index (χ2v) is 7.50. The zero-order valence-electron chi connectivity index (χ0n) is 17.6. The topological polar surface area (TPSA) is 65.4 Å². The summed E-state index contributed by atoms with van der Waals surface area (Å²) in [6, 6.07) is 13.3. The van der Waals surface area contributed by atoms with Gasteiger partial charge in [0, 0.05) is 22.9 Å². The molecular weight excluding hydrogens is 397 g/mol. The molecule has 0 radical (unpaired) electrons. The van der Waals surface area contributed by atoms with Gasteiger partial charge in [-0.2, -0.15) is 5.10 Å². The predicted octanol–water partition coefficient (Wildman–Crippen LogP) is 5.30. The summed E-state index contributed by atoms with van der Waals surface area (Å²) >= 11 is 0. The number of halogens is 1. The Morgan fingerprint density at radius 1 is 1.10 bits per heavy atom. The molecule has 2 atom stereocenters. The molecule has 0 saturated carbocycles. The van der Waals surface area contributed by atoms with Gasteiger partial charge in [0.05, 0.1) is 18.5 Å². The Bertz CT molecular complexity index is 1100. The van der Waals surface area contributed by atoms with Gasteiger partial charge in [-0.05, 0) is 74.9 Å². The van der Waals surface area contributed by atoms with Crippen LogP contribution >= 0.6 is 0 Å². The molecule has 1 aliphatic carbocycles. The Morgan fingerprint density at radius 3 is 2.48 bits per heavy atom. The number of methoxy groups -OCH3 is 1. The van der Waals surface area contributed by atoms with Crippen LogP contribution in [0.2, 0.25) is 0 Å². The zero-order chi connectivity index (χ0) is 22.0. The van der Waals surface area contributed by atoms with E-state index < -0.39 is 6.09 Å². The van der Waals surface area contributed by atoms with Crippen molar-refractivity contribution in [2.45, 2.75) is 32.3 Å². The van der Waals surface area contributed by atoms with Gasteiger partial charge in [0.1, 0.15) is 17.7 Å². The quantitative estimate of drug-likeness (QED) is 0.568. The molecule has 1 aliphatic rings. The second-order valence-electron chi connectivity index (χ2n) is 7.50. The van der Waals surface area contributed by atoms with Crippen LogP contribution in [0.5, 0.6) is 5.75 Å². The number of allylic oxidation sites excluding steroid dienone is 1. The maximum Gasteiger partial charge on any atom is 0.412 e. The van der Waals surface area contributed by atoms with Crippen molar-refractivity contribution < 1.29 is 18.7 Å². The molecule has 160 valence electrons. The Morgan fingerprint density at radius 2 is 1.81 bits per heavy atom. The zero-order valence-corrected chi connectivity index (χ0v) is 17.6. The number of hydrogen-bond acceptors (Lipinski definition) is 4. The van der Waals surface area contributed by atoms with Crippen molar-refractivity contribution in [1.82, 2.24) is 9.78 Å². The molecule has 6 nitrogen and oxygen atoms in total. The second kappa shape index (κ2) is 8.63. The van der Waals surface area contributed by atoms with Crippen LogP contribution in [-0.4, -0.2) is 29.1 Å². The third kappa shape index (κ3) is 4.45. The van der Waals surface area contributed by atoms with Crippen LogP contribution in [0.15, 0.2) is 60.7 Å². The number of hydrogen-bond donors (Lipinski definition) is 1. The SMILES string of the molecule is COc1ccc(NC(=O)O[C@@H]2C=C[C@@H](c3c(C)nn(-c4ccc(F)cc4)c3C)C2)cc1. The highest BCUT2D eigenvalue weighted by molar-refractivity contribution is 5.84. The van der Waals surface area contributed by atoms with Crippen molar-refractivity contribution in [3.8, 4) is 11.4 Å². The van der Waals surface area contributed by atoms with Gasteiger partial charge in [0.2, 0.25) is 0 Å². The third-order valence-electron chi connectivity index (χ3n) is 5.43. The predicted molar refractivity (Wildman–Crippen MR) is 116 cm³/mol. The number of amides is 1. The van der Waals surface area contributed by atoms with E-state index in [-0.39, 0.29) is 17.8 Å². The third-order valence-corrected chi connectivity index (χ3v) is 5.43. The summed E-state index contributed by atoms with van der Waals surface area (Å²) in [6.07, 6.45) is 3.78. The van der Waals surface area contributed by atoms with Gasteiger partial charge in [-0.15, -0.1) is 0 Å². The van der Waals surface area contributed by atoms with E-state index in [1.54, 1.807) is 43.5 Å². The van der Waals surface area contributed by atoms with E-state index in [1.807, 2.05) is 24.6 Å². The van der Waals surface area contributed by atoms with E-state index in [4.69, 9.17) is 9.47 Å². The van der Waals surface area contributed by atoms with E-state index in [9.17, 15) is 9.18 Å². The minimum absolute atomic E-state index is 0.0907. The number of ether oxygens (including phenoxy) is 2. The number of anilines is 1. The fraction of sp³-hybridized carbons (Fsp3) is 0.250. The van der Waals surface area contributed by atoms with Gasteiger partial charge < -0.3 is 9.47 Å². The molecule has 4 rings (SSSR count). The average Bonchev–Trinajstić information content (AvgIpc) is 3.32. The summed E-state index contributed by atoms with van der Waals surface area (Å²) in [4.78, 5) is 12.3. The highest BCUT2D eigenvalue weighted by atomic mass is 19.1. The number of aryl methyl sites for hydroxylation is 1. The van der Waals surface area contributed by atoms with Gasteiger partial charge in [0.25, 0.3) is 0 Å². The lowest BCUT2D eigenvalue weighted by atomic mass is 9.96. The van der Waals surface area contributed by atoms with Crippen molar-refractivity contribution in [2.24, 2.45) is 0 Å². The first kappa shape index (κ1) is 20.7. The molecule has 1 heterocycles. The van der Waals surface area contributed by atoms with Crippen LogP contribution < -0.4 is 10.1 Å². The molecule has 1 N–H and O–H groups in total. The van der Waals surface area contributed by atoms with E-state index in [0.717, 1.165) is 22.6 Å². The van der Waals surface area contributed by atoms with Crippen molar-refractivity contribution in [1.29, 1.82) is 0 Å². The lowest BCUT2D eigenvalue weighted by molar-refractivity contribution is 0.132. The van der Waals surface area contributed by atoms with Gasteiger partial charge in [-0.1, -0.05) is 6.08 Å². The van der Waals surface area contributed by atoms with Crippen LogP contribution in [0.3, 0.4) is 0 Å². The fourth-order valence-corrected chi connectivity index (χ4v) is 3.95. The summed E-state index contributed by atoms with van der Waals surface area (Å²) in [5.74, 6) is 0.525. The number of carbonyl (C=O) groups excluding carboxylic acids is 1. The van der Waals surface area contributed by atoms with E-state index in [2.05, 4.69) is 16.5 Å². The number of aromatic nitrogens is 2. The molecular formula is C24H24FN3O3. The van der Waals surface area contributed by atoms with Gasteiger partial charge in [-0.25, -0.2) is 13.9 Å². The van der Waals surface area contributed by atoms with Gasteiger partial charge in [0.15, 0.2) is 0 Å². The van der Waals surface area contributed by atoms with Crippen LogP contribution in [0.1, 0.15) is 29.3 Å². The molecule has 2 aromatic carbocycles. The first-order valence-corrected chi connectivity index (χ1v) is 10.1. The largest absolute Gasteiger partial charge is 0.497 e. The summed E-state index contributed by atoms with van der Waals surface area (Å²) in [5.41, 5.74) is 4.43. The maximum atomic E-state index is 13.3. The number of nitrogens with one attached hydrogen (secondary N) is 1. The van der Waals surface area contributed by atoms with E-state index in [0.29, 0.717) is 17.9 Å². The van der Waals surface area contributed by atoms with E-state index in [1.165, 1.54) is 12.1 Å². The number of rotatable bonds is 5. The summed E-state index contributed by atoms with van der Waals surface area (Å²) in [5, 5.41) is 7.37. The number of benzene rings is 2. The normalized spacial score (nSPS) is 17.5.